The molecule has 0 saturated carbocycles. The van der Waals surface area contributed by atoms with Crippen LogP contribution in [0.15, 0.2) is 47.4 Å². The van der Waals surface area contributed by atoms with Gasteiger partial charge in [0, 0.05) is 15.8 Å². The van der Waals surface area contributed by atoms with Crippen molar-refractivity contribution >= 4 is 29.0 Å². The van der Waals surface area contributed by atoms with Gasteiger partial charge in [0.15, 0.2) is 0 Å². The fourth-order valence-electron chi connectivity index (χ4n) is 3.75. The summed E-state index contributed by atoms with van der Waals surface area (Å²) in [6.45, 7) is 2.19. The van der Waals surface area contributed by atoms with Crippen LogP contribution in [0.4, 0.5) is 0 Å². The molecule has 1 atom stereocenters. The summed E-state index contributed by atoms with van der Waals surface area (Å²) in [4.78, 5) is 17.0. The van der Waals surface area contributed by atoms with Crippen molar-refractivity contribution < 1.29 is 9.53 Å². The highest BCUT2D eigenvalue weighted by atomic mass is 32.2. The highest BCUT2D eigenvalue weighted by Crippen LogP contribution is 2.39. The normalized spacial score (nSPS) is 16.3. The van der Waals surface area contributed by atoms with Gasteiger partial charge < -0.3 is 4.74 Å². The fourth-order valence-corrected chi connectivity index (χ4v) is 4.32. The van der Waals surface area contributed by atoms with Gasteiger partial charge in [0.1, 0.15) is 18.1 Å². The molecule has 0 N–H and O–H groups in total. The predicted molar refractivity (Wildman–Crippen MR) is 106 cm³/mol. The van der Waals surface area contributed by atoms with Crippen molar-refractivity contribution in [1.82, 2.24) is 4.98 Å². The van der Waals surface area contributed by atoms with Gasteiger partial charge in [0.2, 0.25) is 0 Å². The first-order chi connectivity index (χ1) is 12.7. The van der Waals surface area contributed by atoms with Gasteiger partial charge in [-0.2, -0.15) is 0 Å². The molecule has 26 heavy (non-hydrogen) atoms. The van der Waals surface area contributed by atoms with E-state index in [1.165, 1.54) is 16.5 Å². The number of aromatic nitrogens is 1. The van der Waals surface area contributed by atoms with Crippen molar-refractivity contribution in [2.75, 3.05) is 6.26 Å². The largest absolute Gasteiger partial charge is 0.483 e. The smallest absolute Gasteiger partial charge is 0.150 e. The molecule has 0 spiro atoms. The number of aryl methyl sites for hydroxylation is 1. The van der Waals surface area contributed by atoms with Crippen LogP contribution in [0.3, 0.4) is 0 Å². The van der Waals surface area contributed by atoms with E-state index in [1.807, 2.05) is 30.5 Å². The molecule has 1 aliphatic rings. The molecule has 0 bridgehead atoms. The molecule has 1 aromatic heterocycles. The number of aldehydes is 1. The lowest BCUT2D eigenvalue weighted by Gasteiger charge is -2.28. The highest BCUT2D eigenvalue weighted by molar-refractivity contribution is 7.98. The maximum absolute atomic E-state index is 11.0. The van der Waals surface area contributed by atoms with Crippen LogP contribution in [0.1, 0.15) is 46.1 Å². The Morgan fingerprint density at radius 1 is 1.23 bits per heavy atom. The second-order valence-corrected chi connectivity index (χ2v) is 7.49. The number of rotatable bonds is 4. The molecule has 1 unspecified atom stereocenters. The summed E-state index contributed by atoms with van der Waals surface area (Å²) in [5, 5.41) is 1.23. The van der Waals surface area contributed by atoms with Gasteiger partial charge in [-0.25, -0.2) is 4.98 Å². The average Bonchev–Trinajstić information content (AvgIpc) is 2.69. The number of thioether (sulfide) groups is 1. The standard InChI is InChI=1S/C22H21NO2S/c1-14-16-6-3-4-8-18(16)23-22-17(14)7-5-9-20(22)25-19-11-10-15(13-24)12-21(19)26-2/h3-4,6,8,10-13,20H,5,7,9H2,1-2H3. The lowest BCUT2D eigenvalue weighted by atomic mass is 9.88. The minimum atomic E-state index is -0.0463. The molecule has 0 radical (unpaired) electrons. The first kappa shape index (κ1) is 17.1. The van der Waals surface area contributed by atoms with Crippen LogP contribution in [0, 0.1) is 6.92 Å². The molecule has 3 aromatic rings. The van der Waals surface area contributed by atoms with E-state index in [0.29, 0.717) is 5.56 Å². The zero-order valence-electron chi connectivity index (χ0n) is 15.0. The minimum Gasteiger partial charge on any atom is -0.483 e. The van der Waals surface area contributed by atoms with Crippen LogP contribution in [-0.4, -0.2) is 17.5 Å². The summed E-state index contributed by atoms with van der Waals surface area (Å²) in [5.41, 5.74) is 5.42. The number of pyridine rings is 1. The first-order valence-corrected chi connectivity index (χ1v) is 10.1. The molecule has 0 aliphatic heterocycles. The maximum atomic E-state index is 11.0. The molecule has 1 heterocycles. The lowest BCUT2D eigenvalue weighted by Crippen LogP contribution is -2.18. The van der Waals surface area contributed by atoms with E-state index in [1.54, 1.807) is 11.8 Å². The summed E-state index contributed by atoms with van der Waals surface area (Å²) in [5.74, 6) is 0.827. The maximum Gasteiger partial charge on any atom is 0.150 e. The molecule has 0 fully saturated rings. The number of benzene rings is 2. The molecule has 132 valence electrons. The van der Waals surface area contributed by atoms with Gasteiger partial charge in [0.05, 0.1) is 11.2 Å². The van der Waals surface area contributed by atoms with Crippen LogP contribution in [-0.2, 0) is 6.42 Å². The molecule has 2 aromatic carbocycles. The van der Waals surface area contributed by atoms with Gasteiger partial charge in [0.25, 0.3) is 0 Å². The van der Waals surface area contributed by atoms with E-state index in [9.17, 15) is 4.79 Å². The molecular formula is C22H21NO2S. The Balaban J connectivity index is 1.76. The predicted octanol–water partition coefficient (Wildman–Crippen LogP) is 5.53. The van der Waals surface area contributed by atoms with Crippen molar-refractivity contribution in [1.29, 1.82) is 0 Å². The SMILES string of the molecule is CSc1cc(C=O)ccc1OC1CCCc2c1nc1ccccc1c2C. The Morgan fingerprint density at radius 2 is 2.08 bits per heavy atom. The third-order valence-electron chi connectivity index (χ3n) is 5.10. The minimum absolute atomic E-state index is 0.0463. The Labute approximate surface area is 157 Å². The Morgan fingerprint density at radius 3 is 2.88 bits per heavy atom. The topological polar surface area (TPSA) is 39.2 Å². The summed E-state index contributed by atoms with van der Waals surface area (Å²) >= 11 is 1.60. The van der Waals surface area contributed by atoms with Gasteiger partial charge in [-0.05, 0) is 67.8 Å². The summed E-state index contributed by atoms with van der Waals surface area (Å²) in [6, 6.07) is 13.9. The number of carbonyl (C=O) groups is 1. The fraction of sp³-hybridized carbons (Fsp3) is 0.273. The number of hydrogen-bond acceptors (Lipinski definition) is 4. The lowest BCUT2D eigenvalue weighted by molar-refractivity contribution is 0.112. The average molecular weight is 363 g/mol. The van der Waals surface area contributed by atoms with Crippen LogP contribution < -0.4 is 4.74 Å². The zero-order chi connectivity index (χ0) is 18.1. The van der Waals surface area contributed by atoms with E-state index in [4.69, 9.17) is 9.72 Å². The molecule has 4 heteroatoms. The summed E-state index contributed by atoms with van der Waals surface area (Å²) in [6.07, 6.45) is 5.94. The van der Waals surface area contributed by atoms with Gasteiger partial charge >= 0.3 is 0 Å². The van der Waals surface area contributed by atoms with Crippen molar-refractivity contribution in [2.45, 2.75) is 37.2 Å². The van der Waals surface area contributed by atoms with Gasteiger partial charge in [-0.15, -0.1) is 11.8 Å². The van der Waals surface area contributed by atoms with Gasteiger partial charge in [-0.1, -0.05) is 18.2 Å². The van der Waals surface area contributed by atoms with Crippen LogP contribution in [0.5, 0.6) is 5.75 Å². The molecule has 3 nitrogen and oxygen atoms in total. The summed E-state index contributed by atoms with van der Waals surface area (Å²) < 4.78 is 6.41. The van der Waals surface area contributed by atoms with Crippen molar-refractivity contribution in [3.8, 4) is 5.75 Å². The Bertz CT molecular complexity index is 983. The summed E-state index contributed by atoms with van der Waals surface area (Å²) in [7, 11) is 0. The van der Waals surface area contributed by atoms with Crippen molar-refractivity contribution in [3.63, 3.8) is 0 Å². The number of nitrogens with zero attached hydrogens (tertiary/aromatic N) is 1. The van der Waals surface area contributed by atoms with Crippen molar-refractivity contribution in [2.24, 2.45) is 0 Å². The van der Waals surface area contributed by atoms with Crippen molar-refractivity contribution in [3.05, 3.63) is 64.8 Å². The molecular weight excluding hydrogens is 342 g/mol. The number of fused-ring (bicyclic) bond motifs is 2. The molecule has 4 rings (SSSR count). The van der Waals surface area contributed by atoms with E-state index < -0.39 is 0 Å². The third kappa shape index (κ3) is 2.99. The first-order valence-electron chi connectivity index (χ1n) is 8.89. The molecule has 1 aliphatic carbocycles. The third-order valence-corrected chi connectivity index (χ3v) is 5.86. The molecule has 0 amide bonds. The van der Waals surface area contributed by atoms with E-state index in [2.05, 4.69) is 25.1 Å². The van der Waals surface area contributed by atoms with E-state index in [-0.39, 0.29) is 6.10 Å². The Hall–Kier alpha value is -2.33. The van der Waals surface area contributed by atoms with Crippen LogP contribution >= 0.6 is 11.8 Å². The second-order valence-electron chi connectivity index (χ2n) is 6.64. The monoisotopic (exact) mass is 363 g/mol. The second kappa shape index (κ2) is 7.12. The van der Waals surface area contributed by atoms with E-state index >= 15 is 0 Å². The quantitative estimate of drug-likeness (QED) is 0.451. The number of ether oxygens (including phenoxy) is 1. The highest BCUT2D eigenvalue weighted by Gasteiger charge is 2.26. The van der Waals surface area contributed by atoms with Gasteiger partial charge in [-0.3, -0.25) is 4.79 Å². The van der Waals surface area contributed by atoms with Crippen LogP contribution in [0.25, 0.3) is 10.9 Å². The van der Waals surface area contributed by atoms with E-state index in [0.717, 1.165) is 47.4 Å². The number of carbonyl (C=O) groups excluding carboxylic acids is 1. The van der Waals surface area contributed by atoms with Crippen LogP contribution in [0.2, 0.25) is 0 Å². The Kier molecular flexibility index (Phi) is 4.68. The zero-order valence-corrected chi connectivity index (χ0v) is 15.8. The number of para-hydroxylation sites is 1. The molecule has 0 saturated heterocycles. The number of hydrogen-bond donors (Lipinski definition) is 0.